The maximum atomic E-state index is 14.0. The number of nitrogens with one attached hydrogen (secondary N) is 1. The van der Waals surface area contributed by atoms with E-state index < -0.39 is 6.09 Å². The molecule has 1 aliphatic carbocycles. The Morgan fingerprint density at radius 2 is 2.09 bits per heavy atom. The Morgan fingerprint density at radius 3 is 2.87 bits per heavy atom. The number of amides is 1. The molecule has 3 rings (SSSR count). The van der Waals surface area contributed by atoms with Crippen molar-refractivity contribution in [3.05, 3.63) is 69.4 Å². The van der Waals surface area contributed by atoms with Gasteiger partial charge in [-0.1, -0.05) is 46.3 Å². The molecule has 2 aromatic rings. The lowest BCUT2D eigenvalue weighted by Gasteiger charge is -2.25. The molecule has 0 fully saturated rings. The summed E-state index contributed by atoms with van der Waals surface area (Å²) in [5.74, 6) is -0.224. The van der Waals surface area contributed by atoms with Gasteiger partial charge in [0.15, 0.2) is 0 Å². The van der Waals surface area contributed by atoms with Crippen LogP contribution in [0.4, 0.5) is 9.18 Å². The SMILES string of the molecule is O=C(NC1CCc2cc(Br)cc(F)c2C1)OCc1ccccc1. The molecule has 1 N–H and O–H groups in total. The predicted molar refractivity (Wildman–Crippen MR) is 89.7 cm³/mol. The number of hydrogen-bond donors (Lipinski definition) is 1. The molecule has 0 heterocycles. The molecule has 1 aliphatic rings. The largest absolute Gasteiger partial charge is 0.445 e. The minimum atomic E-state index is -0.458. The van der Waals surface area contributed by atoms with Gasteiger partial charge in [-0.2, -0.15) is 0 Å². The molecule has 3 nitrogen and oxygen atoms in total. The summed E-state index contributed by atoms with van der Waals surface area (Å²) in [6, 6.07) is 12.8. The van der Waals surface area contributed by atoms with Gasteiger partial charge in [-0.15, -0.1) is 0 Å². The van der Waals surface area contributed by atoms with Gasteiger partial charge in [0.25, 0.3) is 0 Å². The lowest BCUT2D eigenvalue weighted by molar-refractivity contribution is 0.134. The molecule has 0 saturated heterocycles. The van der Waals surface area contributed by atoms with Gasteiger partial charge in [-0.3, -0.25) is 0 Å². The zero-order valence-electron chi connectivity index (χ0n) is 12.5. The fraction of sp³-hybridized carbons (Fsp3) is 0.278. The van der Waals surface area contributed by atoms with E-state index in [4.69, 9.17) is 4.74 Å². The highest BCUT2D eigenvalue weighted by Gasteiger charge is 2.23. The third-order valence-electron chi connectivity index (χ3n) is 4.00. The normalized spacial score (nSPS) is 16.5. The highest BCUT2D eigenvalue weighted by molar-refractivity contribution is 9.10. The molecule has 0 saturated carbocycles. The number of aryl methyl sites for hydroxylation is 1. The number of rotatable bonds is 3. The topological polar surface area (TPSA) is 38.3 Å². The number of alkyl carbamates (subject to hydrolysis) is 1. The Bertz CT molecular complexity index is 706. The maximum Gasteiger partial charge on any atom is 0.407 e. The van der Waals surface area contributed by atoms with E-state index >= 15 is 0 Å². The smallest absolute Gasteiger partial charge is 0.407 e. The van der Waals surface area contributed by atoms with Crippen LogP contribution >= 0.6 is 15.9 Å². The molecular weight excluding hydrogens is 361 g/mol. The van der Waals surface area contributed by atoms with Crippen LogP contribution in [0.3, 0.4) is 0 Å². The van der Waals surface area contributed by atoms with Crippen LogP contribution in [-0.4, -0.2) is 12.1 Å². The summed E-state index contributed by atoms with van der Waals surface area (Å²) < 4.78 is 20.0. The number of hydrogen-bond acceptors (Lipinski definition) is 2. The molecule has 1 amide bonds. The molecule has 0 radical (unpaired) electrons. The van der Waals surface area contributed by atoms with E-state index in [1.54, 1.807) is 0 Å². The monoisotopic (exact) mass is 377 g/mol. The number of ether oxygens (including phenoxy) is 1. The summed E-state index contributed by atoms with van der Waals surface area (Å²) in [5.41, 5.74) is 2.63. The van der Waals surface area contributed by atoms with Gasteiger partial charge in [-0.25, -0.2) is 9.18 Å². The Labute approximate surface area is 143 Å². The molecule has 0 spiro atoms. The second kappa shape index (κ2) is 7.13. The standard InChI is InChI=1S/C18H17BrFNO2/c19-14-8-13-6-7-15(10-16(13)17(20)9-14)21-18(22)23-11-12-4-2-1-3-5-12/h1-5,8-9,15H,6-7,10-11H2,(H,21,22). The van der Waals surface area contributed by atoms with Gasteiger partial charge in [0.2, 0.25) is 0 Å². The van der Waals surface area contributed by atoms with Gasteiger partial charge in [-0.05, 0) is 48.1 Å². The quantitative estimate of drug-likeness (QED) is 0.861. The summed E-state index contributed by atoms with van der Waals surface area (Å²) in [4.78, 5) is 11.9. The van der Waals surface area contributed by atoms with Gasteiger partial charge in [0.1, 0.15) is 12.4 Å². The van der Waals surface area contributed by atoms with Gasteiger partial charge < -0.3 is 10.1 Å². The van der Waals surface area contributed by atoms with Crippen LogP contribution in [0.25, 0.3) is 0 Å². The predicted octanol–water partition coefficient (Wildman–Crippen LogP) is 4.37. The molecule has 23 heavy (non-hydrogen) atoms. The molecule has 0 aromatic heterocycles. The van der Waals surface area contributed by atoms with Crippen molar-refractivity contribution in [2.24, 2.45) is 0 Å². The second-order valence-corrected chi connectivity index (χ2v) is 6.59. The highest BCUT2D eigenvalue weighted by atomic mass is 79.9. The van der Waals surface area contributed by atoms with Crippen molar-refractivity contribution in [2.45, 2.75) is 31.9 Å². The summed E-state index contributed by atoms with van der Waals surface area (Å²) in [7, 11) is 0. The second-order valence-electron chi connectivity index (χ2n) is 5.67. The van der Waals surface area contributed by atoms with Crippen molar-refractivity contribution in [2.75, 3.05) is 0 Å². The highest BCUT2D eigenvalue weighted by Crippen LogP contribution is 2.27. The molecule has 0 aliphatic heterocycles. The summed E-state index contributed by atoms with van der Waals surface area (Å²) >= 11 is 3.31. The molecule has 1 unspecified atom stereocenters. The first-order valence-electron chi connectivity index (χ1n) is 7.56. The minimum absolute atomic E-state index is 0.0959. The summed E-state index contributed by atoms with van der Waals surface area (Å²) in [6.07, 6.45) is 1.56. The molecule has 1 atom stereocenters. The van der Waals surface area contributed by atoms with E-state index in [1.807, 2.05) is 36.4 Å². The minimum Gasteiger partial charge on any atom is -0.445 e. The van der Waals surface area contributed by atoms with E-state index in [9.17, 15) is 9.18 Å². The molecule has 5 heteroatoms. The fourth-order valence-corrected chi connectivity index (χ4v) is 3.32. The fourth-order valence-electron chi connectivity index (χ4n) is 2.84. The summed E-state index contributed by atoms with van der Waals surface area (Å²) in [6.45, 7) is 0.233. The third-order valence-corrected chi connectivity index (χ3v) is 4.46. The van der Waals surface area contributed by atoms with E-state index in [0.29, 0.717) is 12.0 Å². The van der Waals surface area contributed by atoms with Crippen LogP contribution in [0.1, 0.15) is 23.1 Å². The van der Waals surface area contributed by atoms with Crippen LogP contribution in [0.2, 0.25) is 0 Å². The zero-order valence-corrected chi connectivity index (χ0v) is 14.1. The third kappa shape index (κ3) is 4.10. The lowest BCUT2D eigenvalue weighted by Crippen LogP contribution is -2.39. The van der Waals surface area contributed by atoms with Crippen LogP contribution in [0.5, 0.6) is 0 Å². The number of benzene rings is 2. The average molecular weight is 378 g/mol. The number of halogens is 2. The van der Waals surface area contributed by atoms with Gasteiger partial charge in [0.05, 0.1) is 0 Å². The number of carbonyl (C=O) groups excluding carboxylic acids is 1. The van der Waals surface area contributed by atoms with Crippen molar-refractivity contribution >= 4 is 22.0 Å². The number of carbonyl (C=O) groups is 1. The van der Waals surface area contributed by atoms with Crippen molar-refractivity contribution in [3.8, 4) is 0 Å². The van der Waals surface area contributed by atoms with Crippen LogP contribution in [-0.2, 0) is 24.2 Å². The summed E-state index contributed by atoms with van der Waals surface area (Å²) in [5, 5.41) is 2.83. The van der Waals surface area contributed by atoms with E-state index in [1.165, 1.54) is 6.07 Å². The van der Waals surface area contributed by atoms with Crippen LogP contribution in [0.15, 0.2) is 46.9 Å². The van der Waals surface area contributed by atoms with Crippen molar-refractivity contribution in [1.82, 2.24) is 5.32 Å². The van der Waals surface area contributed by atoms with E-state index in [2.05, 4.69) is 21.2 Å². The van der Waals surface area contributed by atoms with Crippen molar-refractivity contribution in [1.29, 1.82) is 0 Å². The molecular formula is C18H17BrFNO2. The lowest BCUT2D eigenvalue weighted by atomic mass is 9.88. The first kappa shape index (κ1) is 16.0. The number of fused-ring (bicyclic) bond motifs is 1. The van der Waals surface area contributed by atoms with Crippen molar-refractivity contribution < 1.29 is 13.9 Å². The Morgan fingerprint density at radius 1 is 1.30 bits per heavy atom. The molecule has 2 aromatic carbocycles. The Kier molecular flexibility index (Phi) is 4.96. The zero-order chi connectivity index (χ0) is 16.2. The van der Waals surface area contributed by atoms with Gasteiger partial charge >= 0.3 is 6.09 Å². The van der Waals surface area contributed by atoms with Crippen molar-refractivity contribution in [3.63, 3.8) is 0 Å². The van der Waals surface area contributed by atoms with E-state index in [0.717, 1.165) is 28.4 Å². The van der Waals surface area contributed by atoms with Crippen LogP contribution in [0, 0.1) is 5.82 Å². The Balaban J connectivity index is 1.56. The molecule has 0 bridgehead atoms. The van der Waals surface area contributed by atoms with Crippen LogP contribution < -0.4 is 5.32 Å². The average Bonchev–Trinajstić information content (AvgIpc) is 2.54. The van der Waals surface area contributed by atoms with E-state index in [-0.39, 0.29) is 18.5 Å². The maximum absolute atomic E-state index is 14.0. The van der Waals surface area contributed by atoms with Gasteiger partial charge in [0, 0.05) is 10.5 Å². The Hall–Kier alpha value is -1.88. The first-order chi connectivity index (χ1) is 11.1. The molecule has 120 valence electrons. The first-order valence-corrected chi connectivity index (χ1v) is 8.35.